The number of nitrogens with zero attached hydrogens (tertiary/aromatic N) is 3. The van der Waals surface area contributed by atoms with Gasteiger partial charge in [0.05, 0.1) is 11.3 Å². The van der Waals surface area contributed by atoms with E-state index in [0.29, 0.717) is 5.56 Å². The Hall–Kier alpha value is -2.42. The average molecular weight is 249 g/mol. The molecule has 0 spiro atoms. The molecule has 2 heterocycles. The summed E-state index contributed by atoms with van der Waals surface area (Å²) in [5.41, 5.74) is -0.586. The van der Waals surface area contributed by atoms with Crippen molar-refractivity contribution in [2.24, 2.45) is 0 Å². The van der Waals surface area contributed by atoms with E-state index in [1.54, 1.807) is 12.1 Å². The second-order valence-corrected chi connectivity index (χ2v) is 3.44. The molecule has 0 bridgehead atoms. The number of pyridine rings is 2. The van der Waals surface area contributed by atoms with Gasteiger partial charge in [0.2, 0.25) is 0 Å². The van der Waals surface area contributed by atoms with Gasteiger partial charge in [0, 0.05) is 18.0 Å². The summed E-state index contributed by atoms with van der Waals surface area (Å²) in [4.78, 5) is 7.30. The molecule has 6 heteroatoms. The van der Waals surface area contributed by atoms with E-state index in [2.05, 4.69) is 9.97 Å². The molecular formula is C12H6F3N3. The van der Waals surface area contributed by atoms with Crippen molar-refractivity contribution in [3.63, 3.8) is 0 Å². The summed E-state index contributed by atoms with van der Waals surface area (Å²) in [5.74, 6) is 0. The van der Waals surface area contributed by atoms with Gasteiger partial charge in [-0.05, 0) is 24.3 Å². The van der Waals surface area contributed by atoms with Crippen molar-refractivity contribution >= 4 is 0 Å². The standard InChI is InChI=1S/C12H6F3N3/c13-12(14,15)10-4-3-8(6-16)11(18-10)9-2-1-5-17-7-9/h1-5,7H. The quantitative estimate of drug-likeness (QED) is 0.780. The van der Waals surface area contributed by atoms with Crippen LogP contribution in [0.1, 0.15) is 11.3 Å². The van der Waals surface area contributed by atoms with E-state index in [0.717, 1.165) is 12.1 Å². The van der Waals surface area contributed by atoms with Crippen molar-refractivity contribution in [3.05, 3.63) is 47.9 Å². The fourth-order valence-corrected chi connectivity index (χ4v) is 1.43. The van der Waals surface area contributed by atoms with Gasteiger partial charge >= 0.3 is 6.18 Å². The molecule has 0 unspecified atom stereocenters. The number of hydrogen-bond donors (Lipinski definition) is 0. The van der Waals surface area contributed by atoms with Crippen LogP contribution in [-0.4, -0.2) is 9.97 Å². The Kier molecular flexibility index (Phi) is 2.98. The molecule has 0 fully saturated rings. The number of halogens is 3. The van der Waals surface area contributed by atoms with Crippen LogP contribution in [0.15, 0.2) is 36.7 Å². The summed E-state index contributed by atoms with van der Waals surface area (Å²) >= 11 is 0. The minimum Gasteiger partial charge on any atom is -0.264 e. The molecule has 90 valence electrons. The highest BCUT2D eigenvalue weighted by molar-refractivity contribution is 5.65. The molecule has 0 aliphatic heterocycles. The van der Waals surface area contributed by atoms with E-state index < -0.39 is 11.9 Å². The topological polar surface area (TPSA) is 49.6 Å². The van der Waals surface area contributed by atoms with Crippen LogP contribution in [0.5, 0.6) is 0 Å². The molecule has 2 rings (SSSR count). The van der Waals surface area contributed by atoms with Gasteiger partial charge in [-0.25, -0.2) is 4.98 Å². The zero-order chi connectivity index (χ0) is 13.2. The van der Waals surface area contributed by atoms with Crippen LogP contribution in [0.2, 0.25) is 0 Å². The molecule has 0 atom stereocenters. The zero-order valence-corrected chi connectivity index (χ0v) is 8.94. The molecule has 0 saturated heterocycles. The molecule has 2 aromatic rings. The molecule has 0 amide bonds. The highest BCUT2D eigenvalue weighted by Crippen LogP contribution is 2.30. The van der Waals surface area contributed by atoms with Crippen LogP contribution < -0.4 is 0 Å². The third-order valence-electron chi connectivity index (χ3n) is 2.24. The maximum Gasteiger partial charge on any atom is 0.433 e. The van der Waals surface area contributed by atoms with Crippen molar-refractivity contribution in [3.8, 4) is 17.3 Å². The molecule has 0 aliphatic rings. The van der Waals surface area contributed by atoms with Gasteiger partial charge in [-0.2, -0.15) is 18.4 Å². The van der Waals surface area contributed by atoms with Gasteiger partial charge in [0.1, 0.15) is 11.8 Å². The van der Waals surface area contributed by atoms with Crippen LogP contribution in [0.3, 0.4) is 0 Å². The summed E-state index contributed by atoms with van der Waals surface area (Å²) < 4.78 is 37.7. The Labute approximate surface area is 101 Å². The zero-order valence-electron chi connectivity index (χ0n) is 8.94. The Bertz CT molecular complexity index is 600. The summed E-state index contributed by atoms with van der Waals surface area (Å²) in [6.45, 7) is 0. The minimum atomic E-state index is -4.54. The monoisotopic (exact) mass is 249 g/mol. The largest absolute Gasteiger partial charge is 0.433 e. The third kappa shape index (κ3) is 2.30. The van der Waals surface area contributed by atoms with Crippen molar-refractivity contribution in [1.29, 1.82) is 5.26 Å². The van der Waals surface area contributed by atoms with Crippen molar-refractivity contribution in [2.75, 3.05) is 0 Å². The maximum absolute atomic E-state index is 12.6. The normalized spacial score (nSPS) is 11.0. The second kappa shape index (κ2) is 4.45. The van der Waals surface area contributed by atoms with E-state index in [4.69, 9.17) is 5.26 Å². The van der Waals surface area contributed by atoms with Crippen molar-refractivity contribution in [2.45, 2.75) is 6.18 Å². The first-order chi connectivity index (χ1) is 8.52. The summed E-state index contributed by atoms with van der Waals surface area (Å²) in [5, 5.41) is 8.88. The van der Waals surface area contributed by atoms with Crippen molar-refractivity contribution in [1.82, 2.24) is 9.97 Å². The molecule has 0 radical (unpaired) electrons. The van der Waals surface area contributed by atoms with E-state index in [1.807, 2.05) is 6.07 Å². The first-order valence-electron chi connectivity index (χ1n) is 4.91. The van der Waals surface area contributed by atoms with Gasteiger partial charge in [-0.3, -0.25) is 4.98 Å². The van der Waals surface area contributed by atoms with Gasteiger partial charge in [-0.15, -0.1) is 0 Å². The fraction of sp³-hybridized carbons (Fsp3) is 0.0833. The molecule has 3 nitrogen and oxygen atoms in total. The van der Waals surface area contributed by atoms with E-state index in [9.17, 15) is 13.2 Å². The van der Waals surface area contributed by atoms with Gasteiger partial charge < -0.3 is 0 Å². The summed E-state index contributed by atoms with van der Waals surface area (Å²) in [7, 11) is 0. The van der Waals surface area contributed by atoms with Crippen LogP contribution in [0.25, 0.3) is 11.3 Å². The SMILES string of the molecule is N#Cc1ccc(C(F)(F)F)nc1-c1cccnc1. The minimum absolute atomic E-state index is 0.0135. The second-order valence-electron chi connectivity index (χ2n) is 3.44. The number of hydrogen-bond acceptors (Lipinski definition) is 3. The Morgan fingerprint density at radius 2 is 1.94 bits per heavy atom. The highest BCUT2D eigenvalue weighted by Gasteiger charge is 2.33. The van der Waals surface area contributed by atoms with Crippen LogP contribution in [-0.2, 0) is 6.18 Å². The number of rotatable bonds is 1. The highest BCUT2D eigenvalue weighted by atomic mass is 19.4. The first kappa shape index (κ1) is 12.0. The van der Waals surface area contributed by atoms with E-state index >= 15 is 0 Å². The molecule has 18 heavy (non-hydrogen) atoms. The molecular weight excluding hydrogens is 243 g/mol. The number of aromatic nitrogens is 2. The van der Waals surface area contributed by atoms with Crippen molar-refractivity contribution < 1.29 is 13.2 Å². The van der Waals surface area contributed by atoms with Gasteiger partial charge in [0.15, 0.2) is 0 Å². The van der Waals surface area contributed by atoms with Gasteiger partial charge in [0.25, 0.3) is 0 Å². The fourth-order valence-electron chi connectivity index (χ4n) is 1.43. The lowest BCUT2D eigenvalue weighted by atomic mass is 10.1. The van der Waals surface area contributed by atoms with Crippen LogP contribution in [0.4, 0.5) is 13.2 Å². The maximum atomic E-state index is 12.6. The van der Waals surface area contributed by atoms with Gasteiger partial charge in [-0.1, -0.05) is 0 Å². The third-order valence-corrected chi connectivity index (χ3v) is 2.24. The molecule has 0 aromatic carbocycles. The lowest BCUT2D eigenvalue weighted by Gasteiger charge is -2.09. The average Bonchev–Trinajstić information content (AvgIpc) is 2.38. The lowest BCUT2D eigenvalue weighted by molar-refractivity contribution is -0.141. The van der Waals surface area contributed by atoms with E-state index in [-0.39, 0.29) is 11.3 Å². The molecule has 0 N–H and O–H groups in total. The van der Waals surface area contributed by atoms with Crippen LogP contribution >= 0.6 is 0 Å². The van der Waals surface area contributed by atoms with Crippen LogP contribution in [0, 0.1) is 11.3 Å². The summed E-state index contributed by atoms with van der Waals surface area (Å²) in [6.07, 6.45) is -1.68. The Morgan fingerprint density at radius 3 is 2.50 bits per heavy atom. The predicted molar refractivity (Wildman–Crippen MR) is 57.2 cm³/mol. The van der Waals surface area contributed by atoms with E-state index in [1.165, 1.54) is 12.4 Å². The smallest absolute Gasteiger partial charge is 0.264 e. The first-order valence-corrected chi connectivity index (χ1v) is 4.91. The predicted octanol–water partition coefficient (Wildman–Crippen LogP) is 3.03. The Balaban J connectivity index is 2.62. The lowest BCUT2D eigenvalue weighted by Crippen LogP contribution is -2.09. The molecule has 0 saturated carbocycles. The molecule has 2 aromatic heterocycles. The summed E-state index contributed by atoms with van der Waals surface area (Å²) in [6, 6.07) is 6.83. The number of alkyl halides is 3. The molecule has 0 aliphatic carbocycles. The Morgan fingerprint density at radius 1 is 1.17 bits per heavy atom. The number of nitriles is 1.